The van der Waals surface area contributed by atoms with Crippen molar-refractivity contribution in [1.29, 1.82) is 0 Å². The molecule has 0 saturated carbocycles. The van der Waals surface area contributed by atoms with Gasteiger partial charge in [0.25, 0.3) is 5.91 Å². The molecule has 0 unspecified atom stereocenters. The van der Waals surface area contributed by atoms with E-state index in [0.29, 0.717) is 18.8 Å². The summed E-state index contributed by atoms with van der Waals surface area (Å²) in [5, 5.41) is 12.5. The minimum absolute atomic E-state index is 0.00832. The maximum absolute atomic E-state index is 13.0. The minimum Gasteiger partial charge on any atom is -0.390 e. The number of β-amino-alcohol motifs (C(OH)–C–C–N with tert-alkyl or cyclic N) is 1. The predicted molar refractivity (Wildman–Crippen MR) is 122 cm³/mol. The Hall–Kier alpha value is -2.38. The molecule has 6 nitrogen and oxygen atoms in total. The first-order valence-corrected chi connectivity index (χ1v) is 11.2. The van der Waals surface area contributed by atoms with Crippen molar-refractivity contribution in [3.05, 3.63) is 70.9 Å². The number of para-hydroxylation sites is 1. The van der Waals surface area contributed by atoms with Crippen molar-refractivity contribution in [2.45, 2.75) is 18.7 Å². The lowest BCUT2D eigenvalue weighted by molar-refractivity contribution is 0.0423. The molecule has 0 radical (unpaired) electrons. The molecular weight excluding hydrogens is 412 g/mol. The number of nitrogens with zero attached hydrogens (tertiary/aromatic N) is 3. The molecule has 0 aliphatic carbocycles. The average molecular weight is 439 g/mol. The van der Waals surface area contributed by atoms with Gasteiger partial charge in [-0.25, -0.2) is 0 Å². The summed E-state index contributed by atoms with van der Waals surface area (Å²) in [6, 6.07) is 17.8. The number of likely N-dealkylation sites (tertiary alicyclic amines) is 1. The number of amides is 1. The Bertz CT molecular complexity index is 1030. The molecule has 2 atom stereocenters. The standard InChI is InChI=1S/C24H27ClN4O2/c25-19-7-5-17(6-8-19)14-27-9-11-28(12-10-27)22-15-29(16-23(22)30)24(31)21-13-18-3-1-2-4-20(18)26-21/h1-8,13,22-23,26,30H,9-12,14-16H2/t22-,23-/m1/s1. The molecule has 2 fully saturated rings. The van der Waals surface area contributed by atoms with Crippen LogP contribution < -0.4 is 0 Å². The van der Waals surface area contributed by atoms with Crippen molar-refractivity contribution in [2.75, 3.05) is 39.3 Å². The monoisotopic (exact) mass is 438 g/mol. The van der Waals surface area contributed by atoms with Gasteiger partial charge in [0.15, 0.2) is 0 Å². The molecule has 2 aliphatic heterocycles. The Morgan fingerprint density at radius 2 is 1.77 bits per heavy atom. The van der Waals surface area contributed by atoms with E-state index < -0.39 is 6.10 Å². The molecule has 162 valence electrons. The lowest BCUT2D eigenvalue weighted by Crippen LogP contribution is -2.53. The van der Waals surface area contributed by atoms with E-state index in [4.69, 9.17) is 11.6 Å². The number of benzene rings is 2. The lowest BCUT2D eigenvalue weighted by Gasteiger charge is -2.38. The minimum atomic E-state index is -0.517. The Labute approximate surface area is 187 Å². The summed E-state index contributed by atoms with van der Waals surface area (Å²) in [6.45, 7) is 5.52. The van der Waals surface area contributed by atoms with Crippen LogP contribution in [0.25, 0.3) is 10.9 Å². The summed E-state index contributed by atoms with van der Waals surface area (Å²) in [5.74, 6) is -0.0425. The summed E-state index contributed by atoms with van der Waals surface area (Å²) in [5.41, 5.74) is 2.80. The van der Waals surface area contributed by atoms with E-state index in [1.807, 2.05) is 42.5 Å². The van der Waals surface area contributed by atoms with Gasteiger partial charge in [-0.3, -0.25) is 14.6 Å². The molecule has 5 rings (SSSR count). The van der Waals surface area contributed by atoms with Crippen LogP contribution in [0.4, 0.5) is 0 Å². The van der Waals surface area contributed by atoms with Crippen molar-refractivity contribution in [1.82, 2.24) is 19.7 Å². The zero-order chi connectivity index (χ0) is 21.4. The van der Waals surface area contributed by atoms with E-state index >= 15 is 0 Å². The number of fused-ring (bicyclic) bond motifs is 1. The maximum atomic E-state index is 13.0. The number of rotatable bonds is 4. The van der Waals surface area contributed by atoms with E-state index in [2.05, 4.69) is 26.9 Å². The third-order valence-corrected chi connectivity index (χ3v) is 6.75. The van der Waals surface area contributed by atoms with Gasteiger partial charge in [0.1, 0.15) is 5.69 Å². The van der Waals surface area contributed by atoms with E-state index in [9.17, 15) is 9.90 Å². The quantitative estimate of drug-likeness (QED) is 0.657. The highest BCUT2D eigenvalue weighted by Crippen LogP contribution is 2.23. The Morgan fingerprint density at radius 1 is 1.03 bits per heavy atom. The number of nitrogens with one attached hydrogen (secondary N) is 1. The van der Waals surface area contributed by atoms with Gasteiger partial charge in [0.2, 0.25) is 0 Å². The van der Waals surface area contributed by atoms with Crippen molar-refractivity contribution in [2.24, 2.45) is 0 Å². The van der Waals surface area contributed by atoms with Gasteiger partial charge in [-0.05, 0) is 29.8 Å². The molecule has 0 bridgehead atoms. The molecule has 7 heteroatoms. The third-order valence-electron chi connectivity index (χ3n) is 6.50. The fourth-order valence-electron chi connectivity index (χ4n) is 4.75. The van der Waals surface area contributed by atoms with Crippen LogP contribution in [0.15, 0.2) is 54.6 Å². The van der Waals surface area contributed by atoms with Crippen LogP contribution in [0.2, 0.25) is 5.02 Å². The van der Waals surface area contributed by atoms with Crippen LogP contribution in [0.1, 0.15) is 16.1 Å². The topological polar surface area (TPSA) is 62.8 Å². The Kier molecular flexibility index (Phi) is 5.71. The summed E-state index contributed by atoms with van der Waals surface area (Å²) in [6.07, 6.45) is -0.517. The van der Waals surface area contributed by atoms with Crippen LogP contribution in [0, 0.1) is 0 Å². The fourth-order valence-corrected chi connectivity index (χ4v) is 4.88. The molecule has 2 saturated heterocycles. The second kappa shape index (κ2) is 8.63. The van der Waals surface area contributed by atoms with Gasteiger partial charge in [-0.15, -0.1) is 0 Å². The zero-order valence-corrected chi connectivity index (χ0v) is 18.1. The molecule has 3 heterocycles. The van der Waals surface area contributed by atoms with Gasteiger partial charge in [-0.1, -0.05) is 41.9 Å². The Balaban J connectivity index is 1.18. The highest BCUT2D eigenvalue weighted by Gasteiger charge is 2.39. The zero-order valence-electron chi connectivity index (χ0n) is 17.4. The predicted octanol–water partition coefficient (Wildman–Crippen LogP) is 2.82. The smallest absolute Gasteiger partial charge is 0.270 e. The molecular formula is C24H27ClN4O2. The molecule has 2 N–H and O–H groups in total. The number of aliphatic hydroxyl groups excluding tert-OH is 1. The molecule has 2 aromatic carbocycles. The van der Waals surface area contributed by atoms with Crippen molar-refractivity contribution >= 4 is 28.4 Å². The van der Waals surface area contributed by atoms with Gasteiger partial charge in [0.05, 0.1) is 12.1 Å². The van der Waals surface area contributed by atoms with Crippen molar-refractivity contribution in [3.63, 3.8) is 0 Å². The second-order valence-electron chi connectivity index (χ2n) is 8.55. The maximum Gasteiger partial charge on any atom is 0.270 e. The van der Waals surface area contributed by atoms with Crippen molar-refractivity contribution in [3.8, 4) is 0 Å². The summed E-state index contributed by atoms with van der Waals surface area (Å²) in [4.78, 5) is 22.8. The first kappa shape index (κ1) is 20.5. The van der Waals surface area contributed by atoms with Crippen LogP contribution in [0.3, 0.4) is 0 Å². The van der Waals surface area contributed by atoms with Crippen LogP contribution >= 0.6 is 11.6 Å². The number of aromatic amines is 1. The number of carbonyl (C=O) groups excluding carboxylic acids is 1. The highest BCUT2D eigenvalue weighted by atomic mass is 35.5. The molecule has 0 spiro atoms. The molecule has 1 amide bonds. The van der Waals surface area contributed by atoms with Crippen LogP contribution in [0.5, 0.6) is 0 Å². The van der Waals surface area contributed by atoms with Gasteiger partial charge < -0.3 is 15.0 Å². The molecule has 3 aromatic rings. The number of aromatic nitrogens is 1. The number of carbonyl (C=O) groups is 1. The highest BCUT2D eigenvalue weighted by molar-refractivity contribution is 6.30. The number of H-pyrrole nitrogens is 1. The van der Waals surface area contributed by atoms with E-state index in [0.717, 1.165) is 48.6 Å². The lowest BCUT2D eigenvalue weighted by atomic mass is 10.1. The molecule has 31 heavy (non-hydrogen) atoms. The van der Waals surface area contributed by atoms with Gasteiger partial charge in [0, 0.05) is 61.7 Å². The number of hydrogen-bond donors (Lipinski definition) is 2. The number of piperazine rings is 1. The number of halogens is 1. The van der Waals surface area contributed by atoms with Crippen molar-refractivity contribution < 1.29 is 9.90 Å². The molecule has 2 aliphatic rings. The van der Waals surface area contributed by atoms with Crippen LogP contribution in [-0.4, -0.2) is 82.1 Å². The summed E-state index contributed by atoms with van der Waals surface area (Å²) < 4.78 is 0. The third kappa shape index (κ3) is 4.34. The summed E-state index contributed by atoms with van der Waals surface area (Å²) in [7, 11) is 0. The number of aliphatic hydroxyl groups is 1. The van der Waals surface area contributed by atoms with Gasteiger partial charge >= 0.3 is 0 Å². The Morgan fingerprint density at radius 3 is 2.52 bits per heavy atom. The largest absolute Gasteiger partial charge is 0.390 e. The second-order valence-corrected chi connectivity index (χ2v) is 8.99. The van der Waals surface area contributed by atoms with E-state index in [1.165, 1.54) is 5.56 Å². The first-order valence-electron chi connectivity index (χ1n) is 10.8. The van der Waals surface area contributed by atoms with Crippen LogP contribution in [-0.2, 0) is 6.54 Å². The molecule has 1 aromatic heterocycles. The fraction of sp³-hybridized carbons (Fsp3) is 0.375. The average Bonchev–Trinajstić information content (AvgIpc) is 3.39. The summed E-state index contributed by atoms with van der Waals surface area (Å²) >= 11 is 5.98. The first-order chi connectivity index (χ1) is 15.1. The SMILES string of the molecule is O=C(c1cc2ccccc2[nH]1)N1C[C@@H](O)[C@H](N2CCN(Cc3ccc(Cl)cc3)CC2)C1. The van der Waals surface area contributed by atoms with E-state index in [1.54, 1.807) is 4.90 Å². The normalized spacial score (nSPS) is 23.0. The van der Waals surface area contributed by atoms with Gasteiger partial charge in [-0.2, -0.15) is 0 Å². The van der Waals surface area contributed by atoms with E-state index in [-0.39, 0.29) is 11.9 Å². The number of hydrogen-bond acceptors (Lipinski definition) is 4.